The zero-order valence-electron chi connectivity index (χ0n) is 15.8. The first kappa shape index (κ1) is 22.7. The summed E-state index contributed by atoms with van der Waals surface area (Å²) in [5.74, 6) is 0.372. The number of rotatable bonds is 17. The van der Waals surface area contributed by atoms with Crippen LogP contribution in [0.5, 0.6) is 11.8 Å². The first-order valence-corrected chi connectivity index (χ1v) is 11.0. The number of thioether (sulfide) groups is 1. The van der Waals surface area contributed by atoms with Gasteiger partial charge in [0.25, 0.3) is 0 Å². The lowest BCUT2D eigenvalue weighted by Crippen LogP contribution is -1.93. The molecule has 0 aliphatic rings. The lowest BCUT2D eigenvalue weighted by atomic mass is 10.0. The fraction of sp³-hybridized carbons (Fsp3) is 0.750. The van der Waals surface area contributed by atoms with Gasteiger partial charge in [0.05, 0.1) is 4.90 Å². The van der Waals surface area contributed by atoms with E-state index in [-0.39, 0.29) is 11.8 Å². The lowest BCUT2D eigenvalue weighted by Gasteiger charge is -2.03. The third kappa shape index (κ3) is 12.1. The van der Waals surface area contributed by atoms with E-state index in [9.17, 15) is 15.0 Å². The Hall–Kier alpha value is -1.30. The SMILES string of the molecule is O=C(O)CCCCCCCCCCCCCCCSc1cc(O)[nH]c1O. The van der Waals surface area contributed by atoms with Gasteiger partial charge in [0.1, 0.15) is 0 Å². The number of aromatic nitrogens is 1. The van der Waals surface area contributed by atoms with Crippen molar-refractivity contribution in [3.63, 3.8) is 0 Å². The maximum atomic E-state index is 10.4. The molecule has 0 fully saturated rings. The highest BCUT2D eigenvalue weighted by molar-refractivity contribution is 7.99. The highest BCUT2D eigenvalue weighted by Crippen LogP contribution is 2.32. The largest absolute Gasteiger partial charge is 0.494 e. The van der Waals surface area contributed by atoms with E-state index in [1.807, 2.05) is 0 Å². The molecule has 1 aromatic rings. The van der Waals surface area contributed by atoms with Gasteiger partial charge in [0, 0.05) is 12.5 Å². The van der Waals surface area contributed by atoms with E-state index in [1.54, 1.807) is 17.8 Å². The lowest BCUT2D eigenvalue weighted by molar-refractivity contribution is -0.137. The van der Waals surface area contributed by atoms with Gasteiger partial charge >= 0.3 is 5.97 Å². The van der Waals surface area contributed by atoms with Crippen LogP contribution in [0.15, 0.2) is 11.0 Å². The molecule has 0 bridgehead atoms. The van der Waals surface area contributed by atoms with E-state index in [4.69, 9.17) is 5.11 Å². The monoisotopic (exact) mass is 385 g/mol. The molecule has 1 aromatic heterocycles. The van der Waals surface area contributed by atoms with E-state index >= 15 is 0 Å². The van der Waals surface area contributed by atoms with Crippen molar-refractivity contribution in [2.24, 2.45) is 0 Å². The smallest absolute Gasteiger partial charge is 0.303 e. The van der Waals surface area contributed by atoms with Crippen LogP contribution in [0.25, 0.3) is 0 Å². The molecule has 0 aromatic carbocycles. The third-order valence-electron chi connectivity index (χ3n) is 4.54. The minimum atomic E-state index is -0.677. The fourth-order valence-corrected chi connectivity index (χ4v) is 3.98. The van der Waals surface area contributed by atoms with Crippen molar-refractivity contribution < 1.29 is 20.1 Å². The minimum Gasteiger partial charge on any atom is -0.494 e. The van der Waals surface area contributed by atoms with Crippen molar-refractivity contribution in [1.29, 1.82) is 0 Å². The summed E-state index contributed by atoms with van der Waals surface area (Å²) in [6.45, 7) is 0. The summed E-state index contributed by atoms with van der Waals surface area (Å²) in [7, 11) is 0. The summed E-state index contributed by atoms with van der Waals surface area (Å²) in [5, 5.41) is 27.3. The highest BCUT2D eigenvalue weighted by atomic mass is 32.2. The predicted octanol–water partition coefficient (Wildman–Crippen LogP) is 6.06. The number of carbonyl (C=O) groups is 1. The Morgan fingerprint density at radius 3 is 1.69 bits per heavy atom. The number of hydrogen-bond acceptors (Lipinski definition) is 4. The Labute approximate surface area is 161 Å². The van der Waals surface area contributed by atoms with Gasteiger partial charge < -0.3 is 15.3 Å². The number of carboxylic acids is 1. The first-order chi connectivity index (χ1) is 12.6. The van der Waals surface area contributed by atoms with E-state index < -0.39 is 5.97 Å². The number of aromatic hydroxyl groups is 2. The Balaban J connectivity index is 1.76. The maximum Gasteiger partial charge on any atom is 0.303 e. The Morgan fingerprint density at radius 2 is 1.27 bits per heavy atom. The van der Waals surface area contributed by atoms with Crippen LogP contribution in [0.3, 0.4) is 0 Å². The molecule has 4 N–H and O–H groups in total. The van der Waals surface area contributed by atoms with Crippen LogP contribution in [0, 0.1) is 0 Å². The summed E-state index contributed by atoms with van der Waals surface area (Å²) in [6, 6.07) is 1.57. The van der Waals surface area contributed by atoms with Gasteiger partial charge in [-0.3, -0.25) is 9.78 Å². The molecule has 0 spiro atoms. The molecule has 6 heteroatoms. The van der Waals surface area contributed by atoms with E-state index in [0.717, 1.165) is 29.9 Å². The highest BCUT2D eigenvalue weighted by Gasteiger charge is 2.06. The fourth-order valence-electron chi connectivity index (χ4n) is 3.03. The number of aromatic amines is 1. The van der Waals surface area contributed by atoms with Crippen LogP contribution in [0.1, 0.15) is 89.9 Å². The van der Waals surface area contributed by atoms with Crippen molar-refractivity contribution in [3.8, 4) is 11.8 Å². The maximum absolute atomic E-state index is 10.4. The molecule has 0 aliphatic carbocycles. The van der Waals surface area contributed by atoms with Crippen LogP contribution in [-0.2, 0) is 4.79 Å². The topological polar surface area (TPSA) is 93.5 Å². The van der Waals surface area contributed by atoms with E-state index in [0.29, 0.717) is 6.42 Å². The Kier molecular flexibility index (Phi) is 13.0. The average Bonchev–Trinajstić information content (AvgIpc) is 2.91. The van der Waals surface area contributed by atoms with Crippen molar-refractivity contribution >= 4 is 17.7 Å². The molecule has 0 saturated heterocycles. The first-order valence-electron chi connectivity index (χ1n) is 10.0. The van der Waals surface area contributed by atoms with Crippen molar-refractivity contribution in [1.82, 2.24) is 4.98 Å². The second-order valence-electron chi connectivity index (χ2n) is 6.96. The number of unbranched alkanes of at least 4 members (excludes halogenated alkanes) is 12. The van der Waals surface area contributed by atoms with Crippen molar-refractivity contribution in [3.05, 3.63) is 6.07 Å². The summed E-state index contributed by atoms with van der Waals surface area (Å²) >= 11 is 1.58. The molecule has 150 valence electrons. The number of hydrogen-bond donors (Lipinski definition) is 4. The Morgan fingerprint density at radius 1 is 0.808 bits per heavy atom. The van der Waals surface area contributed by atoms with E-state index in [2.05, 4.69) is 4.98 Å². The minimum absolute atomic E-state index is 0.0168. The third-order valence-corrected chi connectivity index (χ3v) is 5.66. The molecule has 26 heavy (non-hydrogen) atoms. The quantitative estimate of drug-likeness (QED) is 0.193. The van der Waals surface area contributed by atoms with Gasteiger partial charge in [-0.1, -0.05) is 70.6 Å². The van der Waals surface area contributed by atoms with Gasteiger partial charge in [-0.05, 0) is 18.6 Å². The van der Waals surface area contributed by atoms with Crippen molar-refractivity contribution in [2.45, 2.75) is 94.8 Å². The zero-order chi connectivity index (χ0) is 19.0. The van der Waals surface area contributed by atoms with E-state index in [1.165, 1.54) is 64.2 Å². The second-order valence-corrected chi connectivity index (χ2v) is 8.09. The van der Waals surface area contributed by atoms with Gasteiger partial charge in [0.15, 0.2) is 5.88 Å². The molecule has 0 atom stereocenters. The molecule has 0 unspecified atom stereocenters. The molecule has 0 radical (unpaired) electrons. The van der Waals surface area contributed by atoms with Gasteiger partial charge in [0.2, 0.25) is 5.88 Å². The number of H-pyrrole nitrogens is 1. The molecular formula is C20H35NO4S. The summed E-state index contributed by atoms with van der Waals surface area (Å²) in [5.41, 5.74) is 0. The molecular weight excluding hydrogens is 350 g/mol. The van der Waals surface area contributed by atoms with Crippen LogP contribution >= 0.6 is 11.8 Å². The number of nitrogens with one attached hydrogen (secondary N) is 1. The average molecular weight is 386 g/mol. The van der Waals surface area contributed by atoms with Crippen molar-refractivity contribution in [2.75, 3.05) is 5.75 Å². The zero-order valence-corrected chi connectivity index (χ0v) is 16.7. The molecule has 0 aliphatic heterocycles. The number of carboxylic acid groups (broad SMARTS) is 1. The van der Waals surface area contributed by atoms with Crippen LogP contribution in [0.4, 0.5) is 0 Å². The van der Waals surface area contributed by atoms with Gasteiger partial charge in [-0.25, -0.2) is 0 Å². The molecule has 0 amide bonds. The number of aliphatic carboxylic acids is 1. The predicted molar refractivity (Wildman–Crippen MR) is 107 cm³/mol. The second kappa shape index (κ2) is 14.8. The van der Waals surface area contributed by atoms with Crippen LogP contribution in [-0.4, -0.2) is 32.0 Å². The Bertz CT molecular complexity index is 490. The molecule has 5 nitrogen and oxygen atoms in total. The van der Waals surface area contributed by atoms with Crippen LogP contribution < -0.4 is 0 Å². The standard InChI is InChI=1S/C20H35NO4S/c22-18-16-17(20(25)21-18)26-15-13-11-9-7-5-3-1-2-4-6-8-10-12-14-19(23)24/h16,21-22,25H,1-15H2,(H,23,24). The normalized spacial score (nSPS) is 11.1. The van der Waals surface area contributed by atoms with Gasteiger partial charge in [-0.15, -0.1) is 11.8 Å². The van der Waals surface area contributed by atoms with Gasteiger partial charge in [-0.2, -0.15) is 0 Å². The molecule has 1 heterocycles. The summed E-state index contributed by atoms with van der Waals surface area (Å²) in [6.07, 6.45) is 16.1. The molecule has 0 saturated carbocycles. The summed E-state index contributed by atoms with van der Waals surface area (Å²) < 4.78 is 0. The summed E-state index contributed by atoms with van der Waals surface area (Å²) in [4.78, 5) is 13.6. The van der Waals surface area contributed by atoms with Crippen LogP contribution in [0.2, 0.25) is 0 Å². The molecule has 1 rings (SSSR count).